The smallest absolute Gasteiger partial charge is 0.264 e. The van der Waals surface area contributed by atoms with Crippen molar-refractivity contribution in [2.24, 2.45) is 0 Å². The Labute approximate surface area is 448 Å². The molecule has 4 heteroatoms. The molecule has 0 amide bonds. The summed E-state index contributed by atoms with van der Waals surface area (Å²) in [5, 5.41) is 0. The molecule has 2 aliphatic carbocycles. The van der Waals surface area contributed by atoms with E-state index in [-0.39, 0.29) is 17.5 Å². The number of hydrogen-bond donors (Lipinski definition) is 0. The average Bonchev–Trinajstić information content (AvgIpc) is 4.05. The van der Waals surface area contributed by atoms with Crippen LogP contribution in [0.15, 0.2) is 200 Å². The van der Waals surface area contributed by atoms with Crippen LogP contribution in [-0.2, 0) is 16.2 Å². The molecular weight excluding hydrogens is 924 g/mol. The fraction of sp³-hybridized carbons (Fsp3) is 0.183. The maximum absolute atomic E-state index is 2.68. The highest BCUT2D eigenvalue weighted by molar-refractivity contribution is 7.30. The second-order valence-electron chi connectivity index (χ2n) is 23.9. The van der Waals surface area contributed by atoms with Crippen LogP contribution in [0.1, 0.15) is 105 Å². The Morgan fingerprint density at radius 1 is 0.467 bits per heavy atom. The molecule has 10 aromatic rings. The number of anilines is 6. The van der Waals surface area contributed by atoms with Crippen LogP contribution in [0.5, 0.6) is 0 Å². The van der Waals surface area contributed by atoms with Crippen molar-refractivity contribution >= 4 is 67.9 Å². The molecule has 0 fully saturated rings. The molecule has 1 spiro atoms. The van der Waals surface area contributed by atoms with E-state index in [2.05, 4.69) is 284 Å². The molecule has 0 saturated carbocycles. The van der Waals surface area contributed by atoms with Crippen molar-refractivity contribution in [3.05, 3.63) is 244 Å². The van der Waals surface area contributed by atoms with Gasteiger partial charge in [-0.1, -0.05) is 213 Å². The van der Waals surface area contributed by atoms with E-state index in [0.717, 1.165) is 5.69 Å². The topological polar surface area (TPSA) is 6.48 Å². The summed E-state index contributed by atoms with van der Waals surface area (Å²) < 4.78 is 1.40. The van der Waals surface area contributed by atoms with E-state index in [1.807, 2.05) is 0 Å². The third-order valence-corrected chi connectivity index (χ3v) is 18.4. The standard InChI is InChI=1S/C71H61BN2S/c1-43(2)46-28-35-52(45-20-12-10-13-21-45)56(40-46)47-29-37-60-61(41-47)73(50-22-14-11-15-23-50)62-38-44(3)39-63-65(62)72(60)68-66(74(63)51-33-30-48(31-34-51)69(4,5)6)64-55-36-32-49(70(7,8)9)42-59(55)71(67(64)75-68)57-26-18-16-24-53(57)54-25-17-19-27-58(54)71/h10-43H,1-9H3. The van der Waals surface area contributed by atoms with Crippen molar-refractivity contribution in [1.29, 1.82) is 0 Å². The van der Waals surface area contributed by atoms with Crippen LogP contribution in [0.3, 0.4) is 0 Å². The number of rotatable bonds is 5. The highest BCUT2D eigenvalue weighted by Crippen LogP contribution is 2.67. The molecule has 9 aromatic carbocycles. The summed E-state index contributed by atoms with van der Waals surface area (Å²) in [7, 11) is 0. The summed E-state index contributed by atoms with van der Waals surface area (Å²) in [5.41, 5.74) is 29.3. The number of aryl methyl sites for hydroxylation is 1. The normalized spacial score (nSPS) is 14.3. The summed E-state index contributed by atoms with van der Waals surface area (Å²) in [6, 6.07) is 77.2. The molecule has 0 unspecified atom stereocenters. The van der Waals surface area contributed by atoms with Crippen molar-refractivity contribution in [3.8, 4) is 44.5 Å². The van der Waals surface area contributed by atoms with E-state index >= 15 is 0 Å². The van der Waals surface area contributed by atoms with Crippen LogP contribution in [0, 0.1) is 6.92 Å². The van der Waals surface area contributed by atoms with E-state index in [9.17, 15) is 0 Å². The third kappa shape index (κ3) is 6.64. The van der Waals surface area contributed by atoms with Gasteiger partial charge < -0.3 is 9.80 Å². The first-order valence-electron chi connectivity index (χ1n) is 27.0. The largest absolute Gasteiger partial charge is 0.311 e. The molecule has 2 nitrogen and oxygen atoms in total. The zero-order chi connectivity index (χ0) is 51.3. The number of fused-ring (bicyclic) bond motifs is 15. The quantitative estimate of drug-likeness (QED) is 0.159. The molecule has 4 aliphatic rings. The Hall–Kier alpha value is -7.66. The maximum atomic E-state index is 2.68. The van der Waals surface area contributed by atoms with Gasteiger partial charge in [-0.15, -0.1) is 11.3 Å². The molecule has 0 bridgehead atoms. The molecule has 14 rings (SSSR count). The van der Waals surface area contributed by atoms with Crippen molar-refractivity contribution in [3.63, 3.8) is 0 Å². The molecule has 1 aromatic heterocycles. The lowest BCUT2D eigenvalue weighted by Crippen LogP contribution is -2.60. The van der Waals surface area contributed by atoms with Crippen molar-refractivity contribution in [2.45, 2.75) is 84.5 Å². The van der Waals surface area contributed by atoms with Crippen LogP contribution in [0.4, 0.5) is 34.1 Å². The van der Waals surface area contributed by atoms with E-state index in [1.54, 1.807) is 0 Å². The average molecular weight is 985 g/mol. The lowest BCUT2D eigenvalue weighted by atomic mass is 9.36. The summed E-state index contributed by atoms with van der Waals surface area (Å²) in [6.07, 6.45) is 0. The first-order valence-corrected chi connectivity index (χ1v) is 27.8. The van der Waals surface area contributed by atoms with E-state index in [0.29, 0.717) is 5.92 Å². The zero-order valence-corrected chi connectivity index (χ0v) is 45.3. The molecule has 2 aliphatic heterocycles. The molecule has 364 valence electrons. The lowest BCUT2D eigenvalue weighted by Gasteiger charge is -2.44. The summed E-state index contributed by atoms with van der Waals surface area (Å²) in [4.78, 5) is 6.69. The predicted octanol–water partition coefficient (Wildman–Crippen LogP) is 17.5. The fourth-order valence-corrected chi connectivity index (χ4v) is 15.0. The van der Waals surface area contributed by atoms with Gasteiger partial charge in [0, 0.05) is 43.7 Å². The fourth-order valence-electron chi connectivity index (χ4n) is 13.3. The van der Waals surface area contributed by atoms with Gasteiger partial charge in [0.1, 0.15) is 0 Å². The molecule has 0 radical (unpaired) electrons. The Kier molecular flexibility index (Phi) is 10.1. The second-order valence-corrected chi connectivity index (χ2v) is 25.0. The SMILES string of the molecule is Cc1cc2c3c(c1)N(c1ccc(C(C)(C)C)cc1)c1c(sc4c1-c1ccc(C(C)(C)C)cc1C41c4ccccc4-c4ccccc41)B3c1ccc(-c3cc(C(C)C)ccc3-c3ccccc3)cc1N2c1ccccc1. The van der Waals surface area contributed by atoms with Gasteiger partial charge in [-0.25, -0.2) is 0 Å². The lowest BCUT2D eigenvalue weighted by molar-refractivity contribution is 0.588. The Balaban J connectivity index is 1.11. The number of para-hydroxylation sites is 1. The van der Waals surface area contributed by atoms with Gasteiger partial charge in [-0.05, 0) is 155 Å². The number of benzene rings is 9. The number of thiophene rings is 1. The van der Waals surface area contributed by atoms with Gasteiger partial charge in [-0.2, -0.15) is 0 Å². The first-order chi connectivity index (χ1) is 36.2. The van der Waals surface area contributed by atoms with Crippen molar-refractivity contribution in [1.82, 2.24) is 0 Å². The van der Waals surface area contributed by atoms with Gasteiger partial charge in [0.05, 0.1) is 11.1 Å². The highest BCUT2D eigenvalue weighted by atomic mass is 32.1. The van der Waals surface area contributed by atoms with Crippen LogP contribution in [0.2, 0.25) is 0 Å². The minimum absolute atomic E-state index is 0.0128. The maximum Gasteiger partial charge on any atom is 0.264 e. The Morgan fingerprint density at radius 2 is 1.05 bits per heavy atom. The molecule has 0 saturated heterocycles. The summed E-state index contributed by atoms with van der Waals surface area (Å²) >= 11 is 2.07. The van der Waals surface area contributed by atoms with Gasteiger partial charge in [0.15, 0.2) is 0 Å². The minimum Gasteiger partial charge on any atom is -0.311 e. The molecule has 75 heavy (non-hydrogen) atoms. The van der Waals surface area contributed by atoms with Crippen LogP contribution in [0.25, 0.3) is 44.5 Å². The molecule has 0 atom stereocenters. The van der Waals surface area contributed by atoms with Crippen molar-refractivity contribution in [2.75, 3.05) is 9.80 Å². The van der Waals surface area contributed by atoms with Gasteiger partial charge >= 0.3 is 0 Å². The predicted molar refractivity (Wildman–Crippen MR) is 322 cm³/mol. The zero-order valence-electron chi connectivity index (χ0n) is 44.5. The monoisotopic (exact) mass is 984 g/mol. The Morgan fingerprint density at radius 3 is 1.71 bits per heavy atom. The van der Waals surface area contributed by atoms with E-state index in [4.69, 9.17) is 0 Å². The van der Waals surface area contributed by atoms with Gasteiger partial charge in [-0.3, -0.25) is 0 Å². The molecular formula is C71H61BN2S. The Bertz CT molecular complexity index is 3920. The summed E-state index contributed by atoms with van der Waals surface area (Å²) in [6.45, 7) is 20.9. The van der Waals surface area contributed by atoms with Crippen LogP contribution >= 0.6 is 11.3 Å². The first kappa shape index (κ1) is 45.9. The van der Waals surface area contributed by atoms with Crippen molar-refractivity contribution < 1.29 is 0 Å². The highest BCUT2D eigenvalue weighted by Gasteiger charge is 2.57. The van der Waals surface area contributed by atoms with Crippen LogP contribution < -0.4 is 25.5 Å². The van der Waals surface area contributed by atoms with Gasteiger partial charge in [0.2, 0.25) is 0 Å². The van der Waals surface area contributed by atoms with Gasteiger partial charge in [0.25, 0.3) is 6.71 Å². The third-order valence-electron chi connectivity index (χ3n) is 17.0. The van der Waals surface area contributed by atoms with E-state index in [1.165, 1.54) is 132 Å². The summed E-state index contributed by atoms with van der Waals surface area (Å²) in [5.74, 6) is 0.390. The molecule has 0 N–H and O–H groups in total. The number of hydrogen-bond acceptors (Lipinski definition) is 3. The second kappa shape index (κ2) is 16.4. The number of nitrogens with zero attached hydrogens (tertiary/aromatic N) is 2. The van der Waals surface area contributed by atoms with E-state index < -0.39 is 5.41 Å². The van der Waals surface area contributed by atoms with Crippen LogP contribution in [-0.4, -0.2) is 6.71 Å². The minimum atomic E-state index is -0.499. The molecule has 3 heterocycles.